The van der Waals surface area contributed by atoms with E-state index in [4.69, 9.17) is 15.4 Å². The number of nitrogens with two attached hydrogens (primary N) is 1. The molecule has 0 bridgehead atoms. The molecule has 0 aliphatic carbocycles. The molecule has 1 amide bonds. The van der Waals surface area contributed by atoms with Crippen LogP contribution in [0, 0.1) is 22.7 Å². The molecule has 0 aliphatic heterocycles. The number of nitrogens with one attached hydrogen (secondary N) is 2. The van der Waals surface area contributed by atoms with Crippen LogP contribution in [0.4, 0.5) is 11.5 Å². The van der Waals surface area contributed by atoms with Gasteiger partial charge in [0.25, 0.3) is 0 Å². The van der Waals surface area contributed by atoms with Gasteiger partial charge >= 0.3 is 17.3 Å². The third-order valence-electron chi connectivity index (χ3n) is 4.19. The second-order valence-electron chi connectivity index (χ2n) is 6.26. The van der Waals surface area contributed by atoms with Crippen LogP contribution < -0.4 is 21.4 Å². The number of carboxylic acid groups (broad SMARTS) is 1. The van der Waals surface area contributed by atoms with Crippen molar-refractivity contribution >= 4 is 35.1 Å². The molecule has 3 rings (SSSR count). The predicted molar refractivity (Wildman–Crippen MR) is 110 cm³/mol. The number of nitrogens with zero attached hydrogens (tertiary/aromatic N) is 4. The molecular weight excluding hydrogens is 438 g/mol. The molecule has 0 atom stereocenters. The van der Waals surface area contributed by atoms with Crippen LogP contribution in [0.25, 0.3) is 11.3 Å². The van der Waals surface area contributed by atoms with Crippen molar-refractivity contribution in [3.05, 3.63) is 51.4 Å². The number of pyridine rings is 1. The Labute approximate surface area is 183 Å². The Kier molecular flexibility index (Phi) is 6.23. The summed E-state index contributed by atoms with van der Waals surface area (Å²) in [6.45, 7) is 0. The molecule has 13 heteroatoms. The van der Waals surface area contributed by atoms with Crippen molar-refractivity contribution in [3.63, 3.8) is 0 Å². The van der Waals surface area contributed by atoms with Crippen molar-refractivity contribution in [1.29, 1.82) is 10.5 Å². The molecule has 3 aromatic rings. The summed E-state index contributed by atoms with van der Waals surface area (Å²) < 4.78 is 5.90. The summed E-state index contributed by atoms with van der Waals surface area (Å²) in [6.07, 6.45) is 0. The number of hydrogen-bond acceptors (Lipinski definition) is 9. The number of nitrogen functional groups attached to an aromatic ring is 1. The van der Waals surface area contributed by atoms with Gasteiger partial charge in [-0.1, -0.05) is 22.5 Å². The lowest BCUT2D eigenvalue weighted by Crippen LogP contribution is -2.34. The number of carbonyl (C=O) groups excluding carboxylic acids is 1. The van der Waals surface area contributed by atoms with E-state index in [0.29, 0.717) is 0 Å². The van der Waals surface area contributed by atoms with Gasteiger partial charge in [0, 0.05) is 5.69 Å². The second kappa shape index (κ2) is 9.03. The van der Waals surface area contributed by atoms with Crippen LogP contribution in [-0.4, -0.2) is 33.0 Å². The molecule has 12 nitrogen and oxygen atoms in total. The number of aryl methyl sites for hydroxylation is 1. The van der Waals surface area contributed by atoms with Crippen molar-refractivity contribution in [1.82, 2.24) is 10.3 Å². The van der Waals surface area contributed by atoms with Gasteiger partial charge in [-0.3, -0.25) is 9.32 Å². The molecule has 2 heterocycles. The van der Waals surface area contributed by atoms with Crippen LogP contribution in [0.2, 0.25) is 0 Å². The molecule has 0 spiro atoms. The molecule has 32 heavy (non-hydrogen) atoms. The smallest absolute Gasteiger partial charge is 0.435 e. The van der Waals surface area contributed by atoms with E-state index in [1.165, 1.54) is 36.0 Å². The Balaban J connectivity index is 1.93. The topological polar surface area (TPSA) is 203 Å². The van der Waals surface area contributed by atoms with Crippen LogP contribution in [0.3, 0.4) is 0 Å². The minimum absolute atomic E-state index is 0.00611. The van der Waals surface area contributed by atoms with Crippen LogP contribution in [0.15, 0.2) is 38.6 Å². The largest absolute Gasteiger partial charge is 0.478 e. The Morgan fingerprint density at radius 1 is 1.34 bits per heavy atom. The van der Waals surface area contributed by atoms with Gasteiger partial charge in [0.05, 0.1) is 16.9 Å². The normalized spacial score (nSPS) is 10.2. The zero-order valence-electron chi connectivity index (χ0n) is 16.4. The van der Waals surface area contributed by atoms with Gasteiger partial charge in [-0.25, -0.2) is 14.6 Å². The van der Waals surface area contributed by atoms with Crippen LogP contribution in [-0.2, 0) is 11.8 Å². The van der Waals surface area contributed by atoms with Crippen molar-refractivity contribution in [3.8, 4) is 23.4 Å². The highest BCUT2D eigenvalue weighted by Gasteiger charge is 2.31. The summed E-state index contributed by atoms with van der Waals surface area (Å²) in [5, 5.41) is 33.1. The van der Waals surface area contributed by atoms with E-state index in [1.54, 1.807) is 0 Å². The number of benzene rings is 1. The lowest BCUT2D eigenvalue weighted by molar-refractivity contribution is -0.730. The van der Waals surface area contributed by atoms with Gasteiger partial charge in [-0.15, -0.1) is 0 Å². The first-order chi connectivity index (χ1) is 15.3. The van der Waals surface area contributed by atoms with Crippen molar-refractivity contribution in [2.75, 3.05) is 16.8 Å². The third-order valence-corrected chi connectivity index (χ3v) is 5.17. The maximum Gasteiger partial charge on any atom is 0.435 e. The summed E-state index contributed by atoms with van der Waals surface area (Å²) >= 11 is 0.862. The third kappa shape index (κ3) is 4.28. The van der Waals surface area contributed by atoms with Gasteiger partial charge in [-0.2, -0.15) is 10.5 Å². The first-order valence-corrected chi connectivity index (χ1v) is 9.73. The molecule has 1 aromatic carbocycles. The van der Waals surface area contributed by atoms with Gasteiger partial charge < -0.3 is 16.2 Å². The Bertz CT molecular complexity index is 1380. The summed E-state index contributed by atoms with van der Waals surface area (Å²) in [6, 6.07) is 9.44. The fourth-order valence-corrected chi connectivity index (χ4v) is 3.61. The number of aromatic amines is 1. The molecule has 0 saturated heterocycles. The summed E-state index contributed by atoms with van der Waals surface area (Å²) in [7, 11) is 1.45. The van der Waals surface area contributed by atoms with Gasteiger partial charge in [0.1, 0.15) is 34.1 Å². The highest BCUT2D eigenvalue weighted by Crippen LogP contribution is 2.33. The fraction of sp³-hybridized carbons (Fsp3) is 0.105. The van der Waals surface area contributed by atoms with Crippen LogP contribution >= 0.6 is 11.8 Å². The zero-order valence-corrected chi connectivity index (χ0v) is 17.2. The number of rotatable bonds is 6. The summed E-state index contributed by atoms with van der Waals surface area (Å²) in [5.41, 5.74) is 4.87. The predicted octanol–water partition coefficient (Wildman–Crippen LogP) is 0.609. The highest BCUT2D eigenvalue weighted by atomic mass is 32.2. The number of carbonyl (C=O) groups is 2. The number of H-pyrrole nitrogens is 1. The Hall–Kier alpha value is -4.62. The van der Waals surface area contributed by atoms with Gasteiger partial charge in [-0.05, 0) is 23.5 Å². The van der Waals surface area contributed by atoms with Crippen LogP contribution in [0.5, 0.6) is 0 Å². The number of anilines is 2. The van der Waals surface area contributed by atoms with Crippen molar-refractivity contribution in [2.24, 2.45) is 7.05 Å². The standard InChI is InChI=1S/C19H13N7O5S/c1-26-15(19(30)31-25-26)14-11(6-20)16(22)24-17(12(14)7-21)32-8-13(27)23-10-4-2-3-9(5-10)18(28)29/h2-5H,8H2,1H3,(H4-,22,23,24,25,27,28,29,30)/p+1. The van der Waals surface area contributed by atoms with Crippen molar-refractivity contribution in [2.45, 2.75) is 5.03 Å². The summed E-state index contributed by atoms with van der Waals surface area (Å²) in [5.74, 6) is -2.07. The number of aromatic carboxylic acids is 1. The van der Waals surface area contributed by atoms with E-state index in [1.807, 2.05) is 12.1 Å². The number of carboxylic acids is 1. The highest BCUT2D eigenvalue weighted by molar-refractivity contribution is 8.00. The van der Waals surface area contributed by atoms with Crippen LogP contribution in [0.1, 0.15) is 21.5 Å². The molecule has 160 valence electrons. The minimum atomic E-state index is -1.14. The number of aromatic nitrogens is 3. The monoisotopic (exact) mass is 452 g/mol. The van der Waals surface area contributed by atoms with E-state index >= 15 is 0 Å². The number of amides is 1. The molecule has 2 aromatic heterocycles. The Morgan fingerprint density at radius 2 is 2.06 bits per heavy atom. The van der Waals surface area contributed by atoms with Gasteiger partial charge in [0.2, 0.25) is 5.91 Å². The molecule has 5 N–H and O–H groups in total. The van der Waals surface area contributed by atoms with E-state index < -0.39 is 17.5 Å². The average Bonchev–Trinajstić information content (AvgIpc) is 3.09. The molecule has 0 radical (unpaired) electrons. The first kappa shape index (κ1) is 22.1. The van der Waals surface area contributed by atoms with E-state index in [2.05, 4.69) is 15.6 Å². The van der Waals surface area contributed by atoms with Crippen molar-refractivity contribution < 1.29 is 23.9 Å². The molecule has 0 fully saturated rings. The first-order valence-electron chi connectivity index (χ1n) is 8.74. The molecule has 0 saturated carbocycles. The maximum absolute atomic E-state index is 12.3. The summed E-state index contributed by atoms with van der Waals surface area (Å²) in [4.78, 5) is 39.6. The van der Waals surface area contributed by atoms with E-state index in [0.717, 1.165) is 11.8 Å². The Morgan fingerprint density at radius 3 is 2.66 bits per heavy atom. The van der Waals surface area contributed by atoms with E-state index in [9.17, 15) is 24.9 Å². The molecular formula is C19H14N7O5S+. The fourth-order valence-electron chi connectivity index (χ4n) is 2.81. The SMILES string of the molecule is C[n+]1[nH]oc(=O)c1-c1c(C#N)c(N)nc(SCC(=O)Nc2cccc(C(=O)O)c2)c1C#N. The lowest BCUT2D eigenvalue weighted by Gasteiger charge is -2.10. The lowest BCUT2D eigenvalue weighted by atomic mass is 10.0. The molecule has 0 aliphatic rings. The number of hydrogen-bond donors (Lipinski definition) is 4. The maximum atomic E-state index is 12.3. The van der Waals surface area contributed by atoms with Gasteiger partial charge in [0.15, 0.2) is 7.05 Å². The second-order valence-corrected chi connectivity index (χ2v) is 7.23. The zero-order chi connectivity index (χ0) is 23.4. The minimum Gasteiger partial charge on any atom is -0.478 e. The van der Waals surface area contributed by atoms with E-state index in [-0.39, 0.29) is 50.2 Å². The molecule has 0 unspecified atom stereocenters. The number of nitriles is 2. The number of thioether (sulfide) groups is 1. The quantitative estimate of drug-likeness (QED) is 0.303. The average molecular weight is 452 g/mol.